The van der Waals surface area contributed by atoms with E-state index in [-0.39, 0.29) is 18.7 Å². The number of hydrogen-bond acceptors (Lipinski definition) is 3. The Kier molecular flexibility index (Phi) is 4.91. The standard InChI is InChI=1S/C16H10F6N2O2S/c17-9-5-3-8(4-6-9)10-2-1-7-24(23-10)27(25,26)16-14(21)12(19)11(18)13(20)15(16)22/h2-6,23H,1,7H2. The third-order valence-electron chi connectivity index (χ3n) is 3.80. The molecule has 27 heavy (non-hydrogen) atoms. The van der Waals surface area contributed by atoms with Gasteiger partial charge in [0.15, 0.2) is 28.2 Å². The monoisotopic (exact) mass is 408 g/mol. The molecule has 0 aromatic heterocycles. The second kappa shape index (κ2) is 6.89. The van der Waals surface area contributed by atoms with Gasteiger partial charge in [-0.3, -0.25) is 0 Å². The van der Waals surface area contributed by atoms with Crippen molar-refractivity contribution in [3.63, 3.8) is 0 Å². The number of nitrogens with one attached hydrogen (secondary N) is 1. The van der Waals surface area contributed by atoms with Crippen LogP contribution >= 0.6 is 0 Å². The van der Waals surface area contributed by atoms with E-state index < -0.39 is 49.8 Å². The Bertz CT molecular complexity index is 1010. The first-order chi connectivity index (χ1) is 12.6. The topological polar surface area (TPSA) is 49.4 Å². The van der Waals surface area contributed by atoms with E-state index in [1.807, 2.05) is 0 Å². The molecule has 0 aliphatic carbocycles. The summed E-state index contributed by atoms with van der Waals surface area (Å²) in [7, 11) is -5.12. The lowest BCUT2D eigenvalue weighted by Crippen LogP contribution is -2.45. The summed E-state index contributed by atoms with van der Waals surface area (Å²) in [6.45, 7) is -0.327. The van der Waals surface area contributed by atoms with Crippen LogP contribution in [-0.2, 0) is 10.0 Å². The number of hydrazine groups is 1. The Morgan fingerprint density at radius 3 is 1.89 bits per heavy atom. The molecule has 4 nitrogen and oxygen atoms in total. The van der Waals surface area contributed by atoms with Crippen molar-refractivity contribution in [1.82, 2.24) is 9.84 Å². The van der Waals surface area contributed by atoms with Crippen molar-refractivity contribution in [3.05, 3.63) is 70.8 Å². The molecule has 0 saturated carbocycles. The highest BCUT2D eigenvalue weighted by atomic mass is 32.2. The van der Waals surface area contributed by atoms with Crippen LogP contribution in [0.15, 0.2) is 35.2 Å². The third kappa shape index (κ3) is 3.28. The second-order valence-corrected chi connectivity index (χ2v) is 7.30. The van der Waals surface area contributed by atoms with Crippen molar-refractivity contribution in [3.8, 4) is 0 Å². The molecule has 0 atom stereocenters. The summed E-state index contributed by atoms with van der Waals surface area (Å²) < 4.78 is 106. The van der Waals surface area contributed by atoms with Crippen molar-refractivity contribution in [2.75, 3.05) is 6.54 Å². The number of halogens is 6. The predicted molar refractivity (Wildman–Crippen MR) is 82.3 cm³/mol. The van der Waals surface area contributed by atoms with Crippen molar-refractivity contribution < 1.29 is 34.8 Å². The average Bonchev–Trinajstić information content (AvgIpc) is 2.65. The van der Waals surface area contributed by atoms with Gasteiger partial charge in [-0.1, -0.05) is 6.08 Å². The molecule has 0 saturated heterocycles. The molecule has 0 amide bonds. The van der Waals surface area contributed by atoms with E-state index in [0.717, 1.165) is 12.1 Å². The van der Waals surface area contributed by atoms with Crippen molar-refractivity contribution in [2.45, 2.75) is 11.3 Å². The van der Waals surface area contributed by atoms with E-state index in [4.69, 9.17) is 0 Å². The maximum Gasteiger partial charge on any atom is 0.265 e. The fourth-order valence-corrected chi connectivity index (χ4v) is 3.89. The number of benzene rings is 2. The molecule has 0 unspecified atom stereocenters. The quantitative estimate of drug-likeness (QED) is 0.481. The molecular weight excluding hydrogens is 398 g/mol. The molecule has 1 aliphatic heterocycles. The minimum Gasteiger partial charge on any atom is -0.305 e. The third-order valence-corrected chi connectivity index (χ3v) is 5.53. The van der Waals surface area contributed by atoms with E-state index >= 15 is 0 Å². The number of hydrogen-bond donors (Lipinski definition) is 1. The fraction of sp³-hybridized carbons (Fsp3) is 0.125. The number of sulfonamides is 1. The summed E-state index contributed by atoms with van der Waals surface area (Å²) in [5.41, 5.74) is 2.86. The maximum atomic E-state index is 13.9. The Morgan fingerprint density at radius 1 is 0.815 bits per heavy atom. The molecule has 2 aromatic carbocycles. The molecule has 2 aromatic rings. The molecule has 11 heteroatoms. The van der Waals surface area contributed by atoms with Gasteiger partial charge < -0.3 is 5.43 Å². The highest BCUT2D eigenvalue weighted by molar-refractivity contribution is 7.89. The second-order valence-electron chi connectivity index (χ2n) is 5.50. The molecule has 0 bridgehead atoms. The lowest BCUT2D eigenvalue weighted by molar-refractivity contribution is 0.335. The maximum absolute atomic E-state index is 13.9. The zero-order valence-corrected chi connectivity index (χ0v) is 14.1. The van der Waals surface area contributed by atoms with Crippen molar-refractivity contribution >= 4 is 15.7 Å². The molecule has 1 aliphatic rings. The molecule has 144 valence electrons. The van der Waals surface area contributed by atoms with Gasteiger partial charge in [0, 0.05) is 6.54 Å². The lowest BCUT2D eigenvalue weighted by atomic mass is 10.1. The normalized spacial score (nSPS) is 15.4. The van der Waals surface area contributed by atoms with Gasteiger partial charge in [-0.2, -0.15) is 0 Å². The molecule has 3 rings (SSSR count). The van der Waals surface area contributed by atoms with Gasteiger partial charge >= 0.3 is 0 Å². The van der Waals surface area contributed by atoms with Crippen LogP contribution in [0.2, 0.25) is 0 Å². The summed E-state index contributed by atoms with van der Waals surface area (Å²) in [6, 6.07) is 4.86. The van der Waals surface area contributed by atoms with E-state index in [0.29, 0.717) is 9.98 Å². The Hall–Kier alpha value is -2.53. The van der Waals surface area contributed by atoms with Crippen molar-refractivity contribution in [1.29, 1.82) is 0 Å². The van der Waals surface area contributed by atoms with Gasteiger partial charge in [-0.05, 0) is 36.2 Å². The van der Waals surface area contributed by atoms with Crippen LogP contribution < -0.4 is 5.43 Å². The molecule has 1 N–H and O–H groups in total. The zero-order valence-electron chi connectivity index (χ0n) is 13.2. The summed E-state index contributed by atoms with van der Waals surface area (Å²) in [5.74, 6) is -12.6. The Labute approximate surface area is 149 Å². The van der Waals surface area contributed by atoms with Crippen LogP contribution in [-0.4, -0.2) is 19.4 Å². The first-order valence-corrected chi connectivity index (χ1v) is 8.85. The Balaban J connectivity index is 2.02. The van der Waals surface area contributed by atoms with E-state index in [2.05, 4.69) is 5.43 Å². The largest absolute Gasteiger partial charge is 0.305 e. The minimum atomic E-state index is -5.12. The molecule has 1 heterocycles. The van der Waals surface area contributed by atoms with Gasteiger partial charge in [-0.25, -0.2) is 34.8 Å². The van der Waals surface area contributed by atoms with Crippen LogP contribution in [0.5, 0.6) is 0 Å². The van der Waals surface area contributed by atoms with Crippen LogP contribution in [0.1, 0.15) is 12.0 Å². The summed E-state index contributed by atoms with van der Waals surface area (Å²) >= 11 is 0. The van der Waals surface area contributed by atoms with Crippen LogP contribution in [0.3, 0.4) is 0 Å². The summed E-state index contributed by atoms with van der Waals surface area (Å²) in [4.78, 5) is -1.95. The fourth-order valence-electron chi connectivity index (χ4n) is 2.48. The van der Waals surface area contributed by atoms with Crippen LogP contribution in [0, 0.1) is 34.9 Å². The van der Waals surface area contributed by atoms with E-state index in [1.54, 1.807) is 0 Å². The zero-order chi connectivity index (χ0) is 19.9. The van der Waals surface area contributed by atoms with Gasteiger partial charge in [0.1, 0.15) is 5.82 Å². The molecular formula is C16H10F6N2O2S. The highest BCUT2D eigenvalue weighted by Gasteiger charge is 2.38. The Morgan fingerprint density at radius 2 is 1.33 bits per heavy atom. The summed E-state index contributed by atoms with van der Waals surface area (Å²) in [6.07, 6.45) is 1.62. The predicted octanol–water partition coefficient (Wildman–Crippen LogP) is 3.46. The molecule has 0 radical (unpaired) electrons. The molecule has 0 spiro atoms. The van der Waals surface area contributed by atoms with Crippen LogP contribution in [0.25, 0.3) is 5.70 Å². The first-order valence-electron chi connectivity index (χ1n) is 7.41. The highest BCUT2D eigenvalue weighted by Crippen LogP contribution is 2.30. The van der Waals surface area contributed by atoms with Gasteiger partial charge in [0.25, 0.3) is 10.0 Å². The van der Waals surface area contributed by atoms with E-state index in [1.165, 1.54) is 18.2 Å². The van der Waals surface area contributed by atoms with Gasteiger partial charge in [0.05, 0.1) is 5.70 Å². The van der Waals surface area contributed by atoms with Crippen molar-refractivity contribution in [2.24, 2.45) is 0 Å². The van der Waals surface area contributed by atoms with Gasteiger partial charge in [0.2, 0.25) is 5.82 Å². The number of rotatable bonds is 3. The first kappa shape index (κ1) is 19.2. The van der Waals surface area contributed by atoms with E-state index in [9.17, 15) is 34.8 Å². The summed E-state index contributed by atoms with van der Waals surface area (Å²) in [5, 5.41) is 0. The number of nitrogens with zero attached hydrogens (tertiary/aromatic N) is 1. The van der Waals surface area contributed by atoms with Crippen LogP contribution in [0.4, 0.5) is 26.3 Å². The van der Waals surface area contributed by atoms with Gasteiger partial charge in [-0.15, -0.1) is 4.41 Å². The molecule has 0 fully saturated rings. The smallest absolute Gasteiger partial charge is 0.265 e. The SMILES string of the molecule is O=S(=O)(c1c(F)c(F)c(F)c(F)c1F)N1CCC=C(c2ccc(F)cc2)N1. The average molecular weight is 408 g/mol. The lowest BCUT2D eigenvalue weighted by Gasteiger charge is -2.29. The minimum absolute atomic E-state index is 0.0777.